The predicted octanol–water partition coefficient (Wildman–Crippen LogP) is 10.4. The summed E-state index contributed by atoms with van der Waals surface area (Å²) < 4.78 is 11.0. The van der Waals surface area contributed by atoms with Gasteiger partial charge in [-0.2, -0.15) is 0 Å². The highest BCUT2D eigenvalue weighted by Gasteiger charge is 2.19. The molecule has 0 saturated carbocycles. The first kappa shape index (κ1) is 28.4. The summed E-state index contributed by atoms with van der Waals surface area (Å²) in [7, 11) is 0. The van der Waals surface area contributed by atoms with Gasteiger partial charge in [0.25, 0.3) is 0 Å². The maximum absolute atomic E-state index is 6.64. The van der Waals surface area contributed by atoms with Gasteiger partial charge in [0, 0.05) is 51.3 Å². The van der Waals surface area contributed by atoms with Gasteiger partial charge in [0.2, 0.25) is 0 Å². The van der Waals surface area contributed by atoms with Crippen molar-refractivity contribution in [2.75, 3.05) is 0 Å². The molecule has 6 heterocycles. The van der Waals surface area contributed by atoms with Crippen LogP contribution >= 0.6 is 0 Å². The van der Waals surface area contributed by atoms with Gasteiger partial charge < -0.3 is 4.74 Å². The van der Waals surface area contributed by atoms with Crippen LogP contribution in [0.4, 0.5) is 0 Å². The average molecular weight is 647 g/mol. The number of aromatic nitrogens is 6. The molecule has 0 spiro atoms. The van der Waals surface area contributed by atoms with E-state index < -0.39 is 0 Å². The molecule has 0 N–H and O–H groups in total. The quantitative estimate of drug-likeness (QED) is 0.178. The van der Waals surface area contributed by atoms with Gasteiger partial charge in [0.05, 0.1) is 28.6 Å². The van der Waals surface area contributed by atoms with Crippen LogP contribution in [0.3, 0.4) is 0 Å². The smallest absolute Gasteiger partial charge is 0.146 e. The van der Waals surface area contributed by atoms with Crippen LogP contribution in [0.2, 0.25) is 0 Å². The van der Waals surface area contributed by atoms with E-state index in [9.17, 15) is 0 Å². The zero-order valence-electron chi connectivity index (χ0n) is 27.7. The van der Waals surface area contributed by atoms with Crippen LogP contribution in [0.25, 0.3) is 77.4 Å². The molecule has 0 saturated heterocycles. The SMILES string of the molecule is Cc1cc(C)c(-c2cnc3c4cc(Oc5ccc6c(c5)c5nc(-c7ccccc7)cn5c5cccnc65)ccc4c4cccnc4n23)c(C)c1. The van der Waals surface area contributed by atoms with E-state index in [4.69, 9.17) is 24.7 Å². The van der Waals surface area contributed by atoms with Crippen molar-refractivity contribution in [1.82, 2.24) is 28.7 Å². The summed E-state index contributed by atoms with van der Waals surface area (Å²) >= 11 is 0. The number of hydrogen-bond acceptors (Lipinski definition) is 5. The summed E-state index contributed by atoms with van der Waals surface area (Å²) in [6, 6.07) is 35.3. The van der Waals surface area contributed by atoms with E-state index in [-0.39, 0.29) is 0 Å². The lowest BCUT2D eigenvalue weighted by Gasteiger charge is -2.14. The lowest BCUT2D eigenvalue weighted by atomic mass is 9.97. The first-order chi connectivity index (χ1) is 24.5. The minimum atomic E-state index is 0.715. The molecule has 0 aliphatic heterocycles. The molecule has 6 aromatic heterocycles. The number of aryl methyl sites for hydroxylation is 3. The van der Waals surface area contributed by atoms with Crippen LogP contribution in [0.1, 0.15) is 16.7 Å². The molecule has 50 heavy (non-hydrogen) atoms. The Morgan fingerprint density at radius 1 is 0.580 bits per heavy atom. The fourth-order valence-electron chi connectivity index (χ4n) is 7.72. The zero-order valence-corrected chi connectivity index (χ0v) is 27.7. The van der Waals surface area contributed by atoms with Gasteiger partial charge in [-0.05, 0) is 97.9 Å². The molecule has 7 heteroatoms. The van der Waals surface area contributed by atoms with Crippen molar-refractivity contribution >= 4 is 54.9 Å². The molecule has 10 aromatic rings. The van der Waals surface area contributed by atoms with E-state index in [1.54, 1.807) is 0 Å². The molecule has 0 bridgehead atoms. The second-order valence-corrected chi connectivity index (χ2v) is 13.0. The van der Waals surface area contributed by atoms with Crippen molar-refractivity contribution in [2.45, 2.75) is 20.8 Å². The van der Waals surface area contributed by atoms with Crippen LogP contribution in [0.5, 0.6) is 11.5 Å². The summed E-state index contributed by atoms with van der Waals surface area (Å²) in [6.07, 6.45) is 7.75. The van der Waals surface area contributed by atoms with Crippen molar-refractivity contribution in [1.29, 1.82) is 0 Å². The Hall–Kier alpha value is -6.60. The summed E-state index contributed by atoms with van der Waals surface area (Å²) in [6.45, 7) is 6.47. The number of fused-ring (bicyclic) bond motifs is 12. The van der Waals surface area contributed by atoms with E-state index in [1.807, 2.05) is 61.1 Å². The standard InChI is InChI=1S/C43H30N6O/c1-25-19-26(2)39(27(3)20-25)38-23-46-42-34-21-29(13-15-31(34)33-11-7-18-45-41(33)49(38)42)50-30-14-16-32-35(22-30)43-47-36(28-9-5-4-6-10-28)24-48(43)37-12-8-17-44-40(32)37/h4-24H,1-3H3. The number of nitrogens with zero attached hydrogens (tertiary/aromatic N) is 6. The Morgan fingerprint density at radius 2 is 1.28 bits per heavy atom. The molecule has 238 valence electrons. The molecule has 0 radical (unpaired) electrons. The first-order valence-corrected chi connectivity index (χ1v) is 16.7. The zero-order chi connectivity index (χ0) is 33.5. The number of benzene rings is 4. The van der Waals surface area contributed by atoms with Crippen molar-refractivity contribution in [3.05, 3.63) is 145 Å². The minimum Gasteiger partial charge on any atom is -0.457 e. The third kappa shape index (κ3) is 4.23. The minimum absolute atomic E-state index is 0.715. The number of rotatable bonds is 4. The molecule has 0 fully saturated rings. The lowest BCUT2D eigenvalue weighted by molar-refractivity contribution is 0.484. The second kappa shape index (κ2) is 10.7. The fourth-order valence-corrected chi connectivity index (χ4v) is 7.72. The monoisotopic (exact) mass is 646 g/mol. The van der Waals surface area contributed by atoms with Crippen LogP contribution in [-0.2, 0) is 0 Å². The molecule has 0 unspecified atom stereocenters. The Bertz CT molecular complexity index is 2970. The molecule has 10 rings (SSSR count). The Kier molecular flexibility index (Phi) is 6.08. The highest BCUT2D eigenvalue weighted by molar-refractivity contribution is 6.12. The third-order valence-corrected chi connectivity index (χ3v) is 9.76. The molecule has 0 atom stereocenters. The van der Waals surface area contributed by atoms with Crippen molar-refractivity contribution in [2.24, 2.45) is 0 Å². The van der Waals surface area contributed by atoms with Crippen LogP contribution in [-0.4, -0.2) is 28.7 Å². The van der Waals surface area contributed by atoms with Gasteiger partial charge in [0.1, 0.15) is 28.4 Å². The van der Waals surface area contributed by atoms with E-state index in [0.717, 1.165) is 77.6 Å². The topological polar surface area (TPSA) is 69.6 Å². The fraction of sp³-hybridized carbons (Fsp3) is 0.0698. The molecule has 0 aliphatic carbocycles. The number of hydrogen-bond donors (Lipinski definition) is 0. The molecule has 7 nitrogen and oxygen atoms in total. The molecule has 0 aliphatic rings. The normalized spacial score (nSPS) is 11.9. The molecular weight excluding hydrogens is 617 g/mol. The average Bonchev–Trinajstić information content (AvgIpc) is 3.78. The number of ether oxygens (including phenoxy) is 1. The summed E-state index contributed by atoms with van der Waals surface area (Å²) in [4.78, 5) is 19.8. The second-order valence-electron chi connectivity index (χ2n) is 13.0. The van der Waals surface area contributed by atoms with Gasteiger partial charge in [-0.25, -0.2) is 15.0 Å². The van der Waals surface area contributed by atoms with Crippen LogP contribution in [0, 0.1) is 20.8 Å². The van der Waals surface area contributed by atoms with Gasteiger partial charge in [-0.15, -0.1) is 0 Å². The molecule has 4 aromatic carbocycles. The first-order valence-electron chi connectivity index (χ1n) is 16.7. The maximum atomic E-state index is 6.64. The Balaban J connectivity index is 1.15. The third-order valence-electron chi connectivity index (χ3n) is 9.76. The largest absolute Gasteiger partial charge is 0.457 e. The number of pyridine rings is 4. The highest BCUT2D eigenvalue weighted by Crippen LogP contribution is 2.38. The Labute approximate surface area is 287 Å². The maximum Gasteiger partial charge on any atom is 0.146 e. The predicted molar refractivity (Wildman–Crippen MR) is 201 cm³/mol. The lowest BCUT2D eigenvalue weighted by Crippen LogP contribution is -1.98. The van der Waals surface area contributed by atoms with Gasteiger partial charge in [0.15, 0.2) is 0 Å². The van der Waals surface area contributed by atoms with Crippen LogP contribution < -0.4 is 4.74 Å². The Morgan fingerprint density at radius 3 is 2.08 bits per heavy atom. The van der Waals surface area contributed by atoms with Crippen molar-refractivity contribution in [3.8, 4) is 34.0 Å². The van der Waals surface area contributed by atoms with Gasteiger partial charge in [-0.1, -0.05) is 48.0 Å². The van der Waals surface area contributed by atoms with E-state index >= 15 is 0 Å². The summed E-state index contributed by atoms with van der Waals surface area (Å²) in [5.74, 6) is 1.43. The summed E-state index contributed by atoms with van der Waals surface area (Å²) in [5, 5.41) is 5.13. The van der Waals surface area contributed by atoms with E-state index in [0.29, 0.717) is 5.75 Å². The highest BCUT2D eigenvalue weighted by atomic mass is 16.5. The van der Waals surface area contributed by atoms with E-state index in [2.05, 4.69) is 96.4 Å². The van der Waals surface area contributed by atoms with Crippen molar-refractivity contribution in [3.63, 3.8) is 0 Å². The molecular formula is C43H30N6O. The van der Waals surface area contributed by atoms with Gasteiger partial charge >= 0.3 is 0 Å². The number of imidazole rings is 2. The summed E-state index contributed by atoms with van der Waals surface area (Å²) in [5.41, 5.74) is 12.4. The molecule has 0 amide bonds. The van der Waals surface area contributed by atoms with Crippen molar-refractivity contribution < 1.29 is 4.74 Å². The van der Waals surface area contributed by atoms with E-state index in [1.165, 1.54) is 22.3 Å². The van der Waals surface area contributed by atoms with Gasteiger partial charge in [-0.3, -0.25) is 13.8 Å². The van der Waals surface area contributed by atoms with Crippen LogP contribution in [0.15, 0.2) is 128 Å².